The molecule has 0 aliphatic rings. The van der Waals surface area contributed by atoms with Crippen LogP contribution in [0.1, 0.15) is 5.56 Å². The predicted octanol–water partition coefficient (Wildman–Crippen LogP) is 4.45. The maximum atomic E-state index is 12.8. The standard InChI is InChI=1S/C18H13ClF3N5O2/c19-12-7-11(18(20,21)22)1-2-13(12)25-15-8-14(10-3-5-23-6-4-10)26-17(27-15)24-9-16(28)29/h1-8H,9H2,(H,28,29)(H2,24,25,26,27). The van der Waals surface area contributed by atoms with Crippen LogP contribution >= 0.6 is 11.6 Å². The molecule has 0 radical (unpaired) electrons. The Bertz CT molecular complexity index is 1030. The molecule has 0 atom stereocenters. The first kappa shape index (κ1) is 20.3. The molecular formula is C18H13ClF3N5O2. The van der Waals surface area contributed by atoms with Gasteiger partial charge in [-0.05, 0) is 30.3 Å². The summed E-state index contributed by atoms with van der Waals surface area (Å²) in [5.41, 5.74) is 0.448. The smallest absolute Gasteiger partial charge is 0.416 e. The molecule has 0 aliphatic carbocycles. The number of alkyl halides is 3. The molecule has 1 aromatic carbocycles. The number of pyridine rings is 1. The van der Waals surface area contributed by atoms with Gasteiger partial charge in [0.1, 0.15) is 12.4 Å². The minimum Gasteiger partial charge on any atom is -0.480 e. The maximum absolute atomic E-state index is 12.8. The minimum atomic E-state index is -4.51. The summed E-state index contributed by atoms with van der Waals surface area (Å²) in [6.45, 7) is -0.416. The summed E-state index contributed by atoms with van der Waals surface area (Å²) in [5, 5.41) is 14.1. The van der Waals surface area contributed by atoms with Crippen LogP contribution in [0.25, 0.3) is 11.3 Å². The second-order valence-electron chi connectivity index (χ2n) is 5.76. The van der Waals surface area contributed by atoms with E-state index in [4.69, 9.17) is 16.7 Å². The molecule has 2 heterocycles. The van der Waals surface area contributed by atoms with Crippen molar-refractivity contribution in [3.63, 3.8) is 0 Å². The molecule has 0 unspecified atom stereocenters. The van der Waals surface area contributed by atoms with Gasteiger partial charge in [-0.15, -0.1) is 0 Å². The van der Waals surface area contributed by atoms with Crippen LogP contribution in [0.5, 0.6) is 0 Å². The zero-order valence-corrected chi connectivity index (χ0v) is 15.3. The van der Waals surface area contributed by atoms with Gasteiger partial charge in [0.05, 0.1) is 22.0 Å². The Kier molecular flexibility index (Phi) is 5.83. The number of anilines is 3. The van der Waals surface area contributed by atoms with Gasteiger partial charge in [0.25, 0.3) is 0 Å². The molecular weight excluding hydrogens is 411 g/mol. The third-order valence-electron chi connectivity index (χ3n) is 3.66. The zero-order chi connectivity index (χ0) is 21.0. The van der Waals surface area contributed by atoms with E-state index in [2.05, 4.69) is 25.6 Å². The highest BCUT2D eigenvalue weighted by Gasteiger charge is 2.30. The Labute approximate surface area is 167 Å². The van der Waals surface area contributed by atoms with E-state index in [0.717, 1.165) is 12.1 Å². The Morgan fingerprint density at radius 2 is 1.83 bits per heavy atom. The van der Waals surface area contributed by atoms with Crippen LogP contribution < -0.4 is 10.6 Å². The summed E-state index contributed by atoms with van der Waals surface area (Å²) in [4.78, 5) is 23.1. The average Bonchev–Trinajstić information content (AvgIpc) is 2.68. The van der Waals surface area contributed by atoms with Gasteiger partial charge in [0.15, 0.2) is 0 Å². The Morgan fingerprint density at radius 3 is 2.45 bits per heavy atom. The lowest BCUT2D eigenvalue weighted by Gasteiger charge is -2.13. The zero-order valence-electron chi connectivity index (χ0n) is 14.5. The number of aliphatic carboxylic acids is 1. The van der Waals surface area contributed by atoms with Gasteiger partial charge in [-0.25, -0.2) is 4.98 Å². The number of hydrogen-bond acceptors (Lipinski definition) is 6. The molecule has 0 aliphatic heterocycles. The molecule has 0 bridgehead atoms. The van der Waals surface area contributed by atoms with Gasteiger partial charge in [0.2, 0.25) is 5.95 Å². The molecule has 3 N–H and O–H groups in total. The van der Waals surface area contributed by atoms with E-state index in [0.29, 0.717) is 11.3 Å². The third-order valence-corrected chi connectivity index (χ3v) is 3.97. The van der Waals surface area contributed by atoms with E-state index in [9.17, 15) is 18.0 Å². The van der Waals surface area contributed by atoms with Crippen molar-refractivity contribution in [2.45, 2.75) is 6.18 Å². The van der Waals surface area contributed by atoms with Gasteiger partial charge < -0.3 is 15.7 Å². The molecule has 150 valence electrons. The third kappa shape index (κ3) is 5.32. The molecule has 3 rings (SSSR count). The lowest BCUT2D eigenvalue weighted by atomic mass is 10.2. The van der Waals surface area contributed by atoms with Crippen molar-refractivity contribution in [1.82, 2.24) is 15.0 Å². The number of hydrogen-bond donors (Lipinski definition) is 3. The topological polar surface area (TPSA) is 100 Å². The minimum absolute atomic E-state index is 0.0206. The highest BCUT2D eigenvalue weighted by Crippen LogP contribution is 2.35. The number of rotatable bonds is 6. The van der Waals surface area contributed by atoms with Crippen LogP contribution in [0.15, 0.2) is 48.8 Å². The van der Waals surface area contributed by atoms with E-state index in [1.165, 1.54) is 6.07 Å². The van der Waals surface area contributed by atoms with E-state index in [1.807, 2.05) is 0 Å². The van der Waals surface area contributed by atoms with Crippen LogP contribution in [0.4, 0.5) is 30.6 Å². The van der Waals surface area contributed by atoms with E-state index < -0.39 is 24.3 Å². The SMILES string of the molecule is O=C(O)CNc1nc(Nc2ccc(C(F)(F)F)cc2Cl)cc(-c2ccncc2)n1. The Hall–Kier alpha value is -3.40. The summed E-state index contributed by atoms with van der Waals surface area (Å²) in [7, 11) is 0. The highest BCUT2D eigenvalue weighted by molar-refractivity contribution is 6.33. The van der Waals surface area contributed by atoms with E-state index in [1.54, 1.807) is 30.6 Å². The molecule has 3 aromatic rings. The molecule has 7 nitrogen and oxygen atoms in total. The van der Waals surface area contributed by atoms with E-state index in [-0.39, 0.29) is 22.5 Å². The van der Waals surface area contributed by atoms with Crippen molar-refractivity contribution in [3.8, 4) is 11.3 Å². The van der Waals surface area contributed by atoms with Crippen molar-refractivity contribution in [2.75, 3.05) is 17.2 Å². The van der Waals surface area contributed by atoms with Crippen molar-refractivity contribution in [2.24, 2.45) is 0 Å². The second kappa shape index (κ2) is 8.31. The van der Waals surface area contributed by atoms with Crippen molar-refractivity contribution in [1.29, 1.82) is 0 Å². The maximum Gasteiger partial charge on any atom is 0.416 e. The summed E-state index contributed by atoms with van der Waals surface area (Å²) in [6.07, 6.45) is -1.40. The first-order valence-corrected chi connectivity index (χ1v) is 8.49. The summed E-state index contributed by atoms with van der Waals surface area (Å²) in [6, 6.07) is 7.82. The highest BCUT2D eigenvalue weighted by atomic mass is 35.5. The molecule has 0 amide bonds. The van der Waals surface area contributed by atoms with Gasteiger partial charge in [-0.2, -0.15) is 18.2 Å². The average molecular weight is 424 g/mol. The van der Waals surface area contributed by atoms with Gasteiger partial charge in [-0.3, -0.25) is 9.78 Å². The number of nitrogens with zero attached hydrogens (tertiary/aromatic N) is 3. The summed E-state index contributed by atoms with van der Waals surface area (Å²) < 4.78 is 38.4. The summed E-state index contributed by atoms with van der Waals surface area (Å²) in [5.74, 6) is -0.878. The largest absolute Gasteiger partial charge is 0.480 e. The number of carbonyl (C=O) groups is 1. The van der Waals surface area contributed by atoms with Crippen LogP contribution in [0.2, 0.25) is 5.02 Å². The van der Waals surface area contributed by atoms with Gasteiger partial charge in [-0.1, -0.05) is 11.6 Å². The monoisotopic (exact) mass is 423 g/mol. The van der Waals surface area contributed by atoms with Crippen LogP contribution in [0.3, 0.4) is 0 Å². The quantitative estimate of drug-likeness (QED) is 0.538. The fourth-order valence-electron chi connectivity index (χ4n) is 2.35. The molecule has 11 heteroatoms. The first-order valence-electron chi connectivity index (χ1n) is 8.11. The number of carboxylic acid groups (broad SMARTS) is 1. The van der Waals surface area contributed by atoms with Gasteiger partial charge in [0, 0.05) is 24.0 Å². The lowest BCUT2D eigenvalue weighted by Crippen LogP contribution is -2.15. The first-order chi connectivity index (χ1) is 13.7. The molecule has 0 fully saturated rings. The van der Waals surface area contributed by atoms with Crippen LogP contribution in [-0.2, 0) is 11.0 Å². The van der Waals surface area contributed by atoms with Crippen molar-refractivity contribution >= 4 is 35.0 Å². The van der Waals surface area contributed by atoms with Crippen LogP contribution in [-0.4, -0.2) is 32.6 Å². The molecule has 0 saturated heterocycles. The number of nitrogens with one attached hydrogen (secondary N) is 2. The second-order valence-corrected chi connectivity index (χ2v) is 6.17. The number of carboxylic acids is 1. The predicted molar refractivity (Wildman–Crippen MR) is 101 cm³/mol. The molecule has 0 saturated carbocycles. The number of aromatic nitrogens is 3. The normalized spacial score (nSPS) is 11.2. The van der Waals surface area contributed by atoms with Crippen molar-refractivity contribution < 1.29 is 23.1 Å². The Morgan fingerprint density at radius 1 is 1.10 bits per heavy atom. The molecule has 2 aromatic heterocycles. The molecule has 29 heavy (non-hydrogen) atoms. The lowest BCUT2D eigenvalue weighted by molar-refractivity contribution is -0.137. The Balaban J connectivity index is 1.95. The molecule has 0 spiro atoms. The fraction of sp³-hybridized carbons (Fsp3) is 0.111. The number of halogens is 4. The van der Waals surface area contributed by atoms with Crippen LogP contribution in [0, 0.1) is 0 Å². The fourth-order valence-corrected chi connectivity index (χ4v) is 2.57. The van der Waals surface area contributed by atoms with Crippen molar-refractivity contribution in [3.05, 3.63) is 59.4 Å². The number of benzene rings is 1. The summed E-state index contributed by atoms with van der Waals surface area (Å²) >= 11 is 5.98. The van der Waals surface area contributed by atoms with E-state index >= 15 is 0 Å². The van der Waals surface area contributed by atoms with Gasteiger partial charge >= 0.3 is 12.1 Å².